The minimum Gasteiger partial charge on any atom is -0.494 e. The number of benzene rings is 1. The lowest BCUT2D eigenvalue weighted by atomic mass is 10.2. The number of nitrogens with zero attached hydrogens (tertiary/aromatic N) is 1. The minimum atomic E-state index is -0.318. The summed E-state index contributed by atoms with van der Waals surface area (Å²) in [4.78, 5) is 2.23. The fourth-order valence-electron chi connectivity index (χ4n) is 1.47. The van der Waals surface area contributed by atoms with Crippen molar-refractivity contribution in [3.8, 4) is 5.75 Å². The summed E-state index contributed by atoms with van der Waals surface area (Å²) in [5.41, 5.74) is 1.03. The van der Waals surface area contributed by atoms with Gasteiger partial charge in [-0.2, -0.15) is 0 Å². The zero-order valence-corrected chi connectivity index (χ0v) is 10.8. The monoisotopic (exact) mass is 240 g/mol. The first-order chi connectivity index (χ1) is 8.17. The predicted octanol–water partition coefficient (Wildman–Crippen LogP) is 1.88. The highest BCUT2D eigenvalue weighted by molar-refractivity contribution is 5.30. The first-order valence-electron chi connectivity index (χ1n) is 5.89. The second-order valence-electron chi connectivity index (χ2n) is 4.04. The Balaban J connectivity index is 2.36. The Bertz CT molecular complexity index is 344. The topological polar surface area (TPSA) is 24.5 Å². The number of ether oxygens (including phenoxy) is 1. The first kappa shape index (κ1) is 13.9. The predicted molar refractivity (Wildman–Crippen MR) is 67.8 cm³/mol. The van der Waals surface area contributed by atoms with Gasteiger partial charge in [-0.25, -0.2) is 4.39 Å². The van der Waals surface area contributed by atoms with Crippen LogP contribution in [0.2, 0.25) is 0 Å². The molecule has 4 heteroatoms. The van der Waals surface area contributed by atoms with Crippen LogP contribution in [0.15, 0.2) is 18.2 Å². The number of methoxy groups -OCH3 is 1. The maximum atomic E-state index is 13.2. The lowest BCUT2D eigenvalue weighted by Gasteiger charge is -2.14. The molecule has 0 fully saturated rings. The maximum Gasteiger partial charge on any atom is 0.165 e. The molecule has 0 atom stereocenters. The molecule has 17 heavy (non-hydrogen) atoms. The average molecular weight is 240 g/mol. The van der Waals surface area contributed by atoms with Crippen LogP contribution in [0.25, 0.3) is 0 Å². The molecular formula is C13H21FN2O. The van der Waals surface area contributed by atoms with Crippen LogP contribution in [0.4, 0.5) is 4.39 Å². The summed E-state index contributed by atoms with van der Waals surface area (Å²) in [7, 11) is 3.56. The minimum absolute atomic E-state index is 0.301. The summed E-state index contributed by atoms with van der Waals surface area (Å²) in [5, 5.41) is 3.32. The molecule has 0 bridgehead atoms. The number of hydrogen-bond acceptors (Lipinski definition) is 3. The van der Waals surface area contributed by atoms with E-state index in [4.69, 9.17) is 4.74 Å². The Kier molecular flexibility index (Phi) is 5.94. The van der Waals surface area contributed by atoms with Gasteiger partial charge >= 0.3 is 0 Å². The number of halogens is 1. The molecule has 0 radical (unpaired) electrons. The van der Waals surface area contributed by atoms with Crippen molar-refractivity contribution in [1.29, 1.82) is 0 Å². The Hall–Kier alpha value is -1.13. The lowest BCUT2D eigenvalue weighted by molar-refractivity contribution is 0.348. The molecule has 1 rings (SSSR count). The van der Waals surface area contributed by atoms with E-state index in [0.29, 0.717) is 5.75 Å². The van der Waals surface area contributed by atoms with Gasteiger partial charge in [0.15, 0.2) is 11.6 Å². The van der Waals surface area contributed by atoms with Gasteiger partial charge in [-0.1, -0.05) is 13.0 Å². The van der Waals surface area contributed by atoms with E-state index in [1.165, 1.54) is 13.2 Å². The van der Waals surface area contributed by atoms with Gasteiger partial charge in [-0.15, -0.1) is 0 Å². The summed E-state index contributed by atoms with van der Waals surface area (Å²) < 4.78 is 18.1. The van der Waals surface area contributed by atoms with E-state index in [1.807, 2.05) is 0 Å². The number of nitrogens with one attached hydrogen (secondary N) is 1. The molecule has 0 aliphatic rings. The van der Waals surface area contributed by atoms with Crippen molar-refractivity contribution in [3.63, 3.8) is 0 Å². The largest absolute Gasteiger partial charge is 0.494 e. The highest BCUT2D eigenvalue weighted by atomic mass is 19.1. The fourth-order valence-corrected chi connectivity index (χ4v) is 1.47. The van der Waals surface area contributed by atoms with Crippen molar-refractivity contribution in [3.05, 3.63) is 29.6 Å². The standard InChI is InChI=1S/C13H21FN2O/c1-4-16(2)8-7-15-10-11-5-6-12(14)13(9-11)17-3/h5-6,9,15H,4,7-8,10H2,1-3H3. The normalized spacial score (nSPS) is 10.9. The first-order valence-corrected chi connectivity index (χ1v) is 5.89. The molecule has 96 valence electrons. The summed E-state index contributed by atoms with van der Waals surface area (Å²) >= 11 is 0. The molecule has 0 aliphatic carbocycles. The molecule has 1 aromatic carbocycles. The molecule has 0 aliphatic heterocycles. The van der Waals surface area contributed by atoms with Gasteiger partial charge in [-0.05, 0) is 31.3 Å². The van der Waals surface area contributed by atoms with Crippen LogP contribution in [0.3, 0.4) is 0 Å². The van der Waals surface area contributed by atoms with E-state index in [9.17, 15) is 4.39 Å². The molecule has 3 nitrogen and oxygen atoms in total. The Morgan fingerprint density at radius 3 is 2.82 bits per heavy atom. The number of likely N-dealkylation sites (N-methyl/N-ethyl adjacent to an activating group) is 1. The second-order valence-corrected chi connectivity index (χ2v) is 4.04. The van der Waals surface area contributed by atoms with Crippen molar-refractivity contribution in [1.82, 2.24) is 10.2 Å². The summed E-state index contributed by atoms with van der Waals surface area (Å²) in [5.74, 6) is -0.0167. The molecule has 0 unspecified atom stereocenters. The third-order valence-electron chi connectivity index (χ3n) is 2.75. The Morgan fingerprint density at radius 2 is 2.18 bits per heavy atom. The van der Waals surface area contributed by atoms with Crippen molar-refractivity contribution >= 4 is 0 Å². The summed E-state index contributed by atoms with van der Waals surface area (Å²) in [6.07, 6.45) is 0. The fraction of sp³-hybridized carbons (Fsp3) is 0.538. The average Bonchev–Trinajstić information content (AvgIpc) is 2.36. The summed E-state index contributed by atoms with van der Waals surface area (Å²) in [6.45, 7) is 5.84. The van der Waals surface area contributed by atoms with Crippen LogP contribution in [0, 0.1) is 5.82 Å². The quantitative estimate of drug-likeness (QED) is 0.736. The molecule has 0 saturated heterocycles. The molecule has 0 heterocycles. The van der Waals surface area contributed by atoms with Crippen molar-refractivity contribution in [2.24, 2.45) is 0 Å². The van der Waals surface area contributed by atoms with E-state index in [0.717, 1.165) is 31.7 Å². The number of hydrogen-bond donors (Lipinski definition) is 1. The van der Waals surface area contributed by atoms with Gasteiger partial charge in [0.05, 0.1) is 7.11 Å². The highest BCUT2D eigenvalue weighted by Gasteiger charge is 2.03. The smallest absolute Gasteiger partial charge is 0.165 e. The Morgan fingerprint density at radius 1 is 1.41 bits per heavy atom. The van der Waals surface area contributed by atoms with Gasteiger partial charge in [0, 0.05) is 19.6 Å². The van der Waals surface area contributed by atoms with Gasteiger partial charge in [0.1, 0.15) is 0 Å². The van der Waals surface area contributed by atoms with E-state index < -0.39 is 0 Å². The molecule has 0 aromatic heterocycles. The van der Waals surface area contributed by atoms with Crippen molar-refractivity contribution < 1.29 is 9.13 Å². The van der Waals surface area contributed by atoms with Crippen molar-refractivity contribution in [2.75, 3.05) is 33.8 Å². The van der Waals surface area contributed by atoms with Crippen LogP contribution in [0.5, 0.6) is 5.75 Å². The third kappa shape index (κ3) is 4.71. The molecule has 0 amide bonds. The summed E-state index contributed by atoms with van der Waals surface area (Å²) in [6, 6.07) is 4.94. The lowest BCUT2D eigenvalue weighted by Crippen LogP contribution is -2.28. The molecular weight excluding hydrogens is 219 g/mol. The van der Waals surface area contributed by atoms with Crippen LogP contribution in [0.1, 0.15) is 12.5 Å². The van der Waals surface area contributed by atoms with E-state index in [2.05, 4.69) is 24.2 Å². The van der Waals surface area contributed by atoms with Gasteiger partial charge < -0.3 is 15.0 Å². The van der Waals surface area contributed by atoms with Gasteiger partial charge in [0.2, 0.25) is 0 Å². The van der Waals surface area contributed by atoms with Gasteiger partial charge in [0.25, 0.3) is 0 Å². The van der Waals surface area contributed by atoms with Crippen LogP contribution in [-0.2, 0) is 6.54 Å². The molecule has 1 aromatic rings. The van der Waals surface area contributed by atoms with Gasteiger partial charge in [-0.3, -0.25) is 0 Å². The van der Waals surface area contributed by atoms with Crippen LogP contribution < -0.4 is 10.1 Å². The van der Waals surface area contributed by atoms with E-state index in [1.54, 1.807) is 12.1 Å². The maximum absolute atomic E-state index is 13.2. The third-order valence-corrected chi connectivity index (χ3v) is 2.75. The number of rotatable bonds is 7. The molecule has 0 spiro atoms. The zero-order chi connectivity index (χ0) is 12.7. The van der Waals surface area contributed by atoms with E-state index >= 15 is 0 Å². The Labute approximate surface area is 103 Å². The highest BCUT2D eigenvalue weighted by Crippen LogP contribution is 2.17. The molecule has 0 saturated carbocycles. The molecule has 1 N–H and O–H groups in total. The SMILES string of the molecule is CCN(C)CCNCc1ccc(F)c(OC)c1. The van der Waals surface area contributed by atoms with E-state index in [-0.39, 0.29) is 5.82 Å². The second kappa shape index (κ2) is 7.25. The van der Waals surface area contributed by atoms with Crippen molar-refractivity contribution in [2.45, 2.75) is 13.5 Å². The zero-order valence-electron chi connectivity index (χ0n) is 10.8. The van der Waals surface area contributed by atoms with Crippen LogP contribution in [-0.4, -0.2) is 38.7 Å². The van der Waals surface area contributed by atoms with Crippen LogP contribution >= 0.6 is 0 Å².